The van der Waals surface area contributed by atoms with Gasteiger partial charge in [0.2, 0.25) is 0 Å². The molecule has 3 N–H and O–H groups in total. The van der Waals surface area contributed by atoms with Gasteiger partial charge < -0.3 is 15.6 Å². The average Bonchev–Trinajstić information content (AvgIpc) is 2.41. The van der Waals surface area contributed by atoms with Crippen LogP contribution in [0.1, 0.15) is 5.56 Å². The molecule has 6 nitrogen and oxygen atoms in total. The van der Waals surface area contributed by atoms with Crippen molar-refractivity contribution in [3.63, 3.8) is 0 Å². The van der Waals surface area contributed by atoms with Crippen molar-refractivity contribution in [2.45, 2.75) is 19.6 Å². The van der Waals surface area contributed by atoms with Crippen molar-refractivity contribution in [3.05, 3.63) is 52.6 Å². The highest BCUT2D eigenvalue weighted by molar-refractivity contribution is 5.26. The smallest absolute Gasteiger partial charge is 0.349 e. The number of aliphatic hydroxyl groups is 1. The summed E-state index contributed by atoms with van der Waals surface area (Å²) in [5.41, 5.74) is 6.04. The van der Waals surface area contributed by atoms with Gasteiger partial charge in [0.25, 0.3) is 0 Å². The van der Waals surface area contributed by atoms with Crippen molar-refractivity contribution in [2.24, 2.45) is 0 Å². The molecule has 1 heterocycles. The van der Waals surface area contributed by atoms with E-state index in [1.54, 1.807) is 0 Å². The fourth-order valence-electron chi connectivity index (χ4n) is 1.69. The van der Waals surface area contributed by atoms with Gasteiger partial charge in [-0.15, -0.1) is 0 Å². The van der Waals surface area contributed by atoms with Crippen LogP contribution in [0.25, 0.3) is 0 Å². The third-order valence-corrected chi connectivity index (χ3v) is 2.77. The Morgan fingerprint density at radius 2 is 2.05 bits per heavy atom. The fraction of sp³-hybridized carbons (Fsp3) is 0.286. The molecular weight excluding hydrogens is 258 g/mol. The molecule has 0 unspecified atom stereocenters. The highest BCUT2D eigenvalue weighted by Crippen LogP contribution is 2.11. The first kappa shape index (κ1) is 14.1. The maximum atomic E-state index is 11.5. The van der Waals surface area contributed by atoms with E-state index >= 15 is 0 Å². The van der Waals surface area contributed by atoms with Crippen molar-refractivity contribution < 1.29 is 9.84 Å². The zero-order valence-corrected chi connectivity index (χ0v) is 11.2. The molecule has 0 bridgehead atoms. The summed E-state index contributed by atoms with van der Waals surface area (Å²) in [5.74, 6) is 0.842. The lowest BCUT2D eigenvalue weighted by atomic mass is 10.2. The van der Waals surface area contributed by atoms with E-state index in [4.69, 9.17) is 10.5 Å². The van der Waals surface area contributed by atoms with Crippen molar-refractivity contribution in [2.75, 3.05) is 12.3 Å². The van der Waals surface area contributed by atoms with Gasteiger partial charge in [0.15, 0.2) is 0 Å². The first-order valence-electron chi connectivity index (χ1n) is 6.25. The molecule has 0 spiro atoms. The molecule has 106 valence electrons. The van der Waals surface area contributed by atoms with Crippen LogP contribution in [0.15, 0.2) is 41.3 Å². The SMILES string of the molecule is Cc1ccc(OC[C@H](O)Cn2ccc(N)nc2=O)cc1. The molecule has 1 aromatic heterocycles. The normalized spacial score (nSPS) is 12.1. The Morgan fingerprint density at radius 3 is 2.70 bits per heavy atom. The second kappa shape index (κ2) is 6.21. The molecule has 0 aliphatic carbocycles. The van der Waals surface area contributed by atoms with Crippen molar-refractivity contribution in [1.29, 1.82) is 0 Å². The van der Waals surface area contributed by atoms with Crippen LogP contribution in [-0.4, -0.2) is 27.4 Å². The summed E-state index contributed by atoms with van der Waals surface area (Å²) in [5, 5.41) is 9.87. The number of anilines is 1. The van der Waals surface area contributed by atoms with Crippen LogP contribution in [0.2, 0.25) is 0 Å². The van der Waals surface area contributed by atoms with E-state index in [0.29, 0.717) is 5.75 Å². The van der Waals surface area contributed by atoms with Gasteiger partial charge in [-0.25, -0.2) is 4.79 Å². The zero-order valence-electron chi connectivity index (χ0n) is 11.2. The van der Waals surface area contributed by atoms with E-state index in [-0.39, 0.29) is 19.0 Å². The van der Waals surface area contributed by atoms with E-state index in [9.17, 15) is 9.90 Å². The molecule has 1 aromatic carbocycles. The number of aryl methyl sites for hydroxylation is 1. The monoisotopic (exact) mass is 275 g/mol. The van der Waals surface area contributed by atoms with Crippen LogP contribution < -0.4 is 16.2 Å². The number of nitrogen functional groups attached to an aromatic ring is 1. The molecule has 0 radical (unpaired) electrons. The molecule has 20 heavy (non-hydrogen) atoms. The third kappa shape index (κ3) is 3.83. The Kier molecular flexibility index (Phi) is 4.37. The number of nitrogens with two attached hydrogens (primary N) is 1. The number of aromatic nitrogens is 2. The minimum Gasteiger partial charge on any atom is -0.491 e. The summed E-state index contributed by atoms with van der Waals surface area (Å²) in [4.78, 5) is 15.1. The molecule has 1 atom stereocenters. The maximum Gasteiger partial charge on any atom is 0.349 e. The Hall–Kier alpha value is -2.34. The van der Waals surface area contributed by atoms with Crippen LogP contribution >= 0.6 is 0 Å². The van der Waals surface area contributed by atoms with Gasteiger partial charge in [-0.3, -0.25) is 4.57 Å². The second-order valence-electron chi connectivity index (χ2n) is 4.57. The third-order valence-electron chi connectivity index (χ3n) is 2.77. The molecule has 0 fully saturated rings. The molecule has 2 aromatic rings. The van der Waals surface area contributed by atoms with E-state index < -0.39 is 11.8 Å². The van der Waals surface area contributed by atoms with Crippen LogP contribution in [0, 0.1) is 6.92 Å². The Balaban J connectivity index is 1.90. The number of aliphatic hydroxyl groups excluding tert-OH is 1. The van der Waals surface area contributed by atoms with Gasteiger partial charge in [-0.05, 0) is 25.1 Å². The van der Waals surface area contributed by atoms with E-state index in [1.165, 1.54) is 16.8 Å². The number of benzene rings is 1. The van der Waals surface area contributed by atoms with E-state index in [2.05, 4.69) is 4.98 Å². The number of hydrogen-bond donors (Lipinski definition) is 2. The minimum atomic E-state index is -0.806. The van der Waals surface area contributed by atoms with Crippen LogP contribution in [0.4, 0.5) is 5.82 Å². The van der Waals surface area contributed by atoms with Crippen LogP contribution in [-0.2, 0) is 6.54 Å². The molecule has 0 aliphatic heterocycles. The predicted octanol–water partition coefficient (Wildman–Crippen LogP) is 0.574. The van der Waals surface area contributed by atoms with E-state index in [0.717, 1.165) is 5.56 Å². The van der Waals surface area contributed by atoms with Gasteiger partial charge >= 0.3 is 5.69 Å². The summed E-state index contributed by atoms with van der Waals surface area (Å²) < 4.78 is 6.74. The lowest BCUT2D eigenvalue weighted by Gasteiger charge is -2.13. The number of rotatable bonds is 5. The summed E-state index contributed by atoms with van der Waals surface area (Å²) in [6.07, 6.45) is 0.694. The van der Waals surface area contributed by atoms with Crippen molar-refractivity contribution in [3.8, 4) is 5.75 Å². The highest BCUT2D eigenvalue weighted by Gasteiger charge is 2.08. The van der Waals surface area contributed by atoms with Gasteiger partial charge in [0.05, 0.1) is 6.54 Å². The average molecular weight is 275 g/mol. The largest absolute Gasteiger partial charge is 0.491 e. The van der Waals surface area contributed by atoms with Crippen molar-refractivity contribution >= 4 is 5.82 Å². The molecule has 2 rings (SSSR count). The summed E-state index contributed by atoms with van der Waals surface area (Å²) in [6.45, 7) is 2.19. The summed E-state index contributed by atoms with van der Waals surface area (Å²) >= 11 is 0. The maximum absolute atomic E-state index is 11.5. The zero-order chi connectivity index (χ0) is 14.5. The Bertz CT molecular complexity index is 622. The summed E-state index contributed by atoms with van der Waals surface area (Å²) in [7, 11) is 0. The molecule has 0 aliphatic rings. The minimum absolute atomic E-state index is 0.0971. The first-order valence-corrected chi connectivity index (χ1v) is 6.25. The van der Waals surface area contributed by atoms with Crippen LogP contribution in [0.5, 0.6) is 5.75 Å². The number of hydrogen-bond acceptors (Lipinski definition) is 5. The Labute approximate surface area is 116 Å². The second-order valence-corrected chi connectivity index (χ2v) is 4.57. The number of ether oxygens (including phenoxy) is 1. The van der Waals surface area contributed by atoms with Gasteiger partial charge in [0.1, 0.15) is 24.3 Å². The molecule has 0 amide bonds. The lowest BCUT2D eigenvalue weighted by Crippen LogP contribution is -2.31. The predicted molar refractivity (Wildman–Crippen MR) is 75.6 cm³/mol. The first-order chi connectivity index (χ1) is 9.54. The standard InChI is InChI=1S/C14H17N3O3/c1-10-2-4-12(5-3-10)20-9-11(18)8-17-7-6-13(15)16-14(17)19/h2-7,11,18H,8-9H2,1H3,(H2,15,16,19)/t11-/m1/s1. The fourth-order valence-corrected chi connectivity index (χ4v) is 1.69. The van der Waals surface area contributed by atoms with E-state index in [1.807, 2.05) is 31.2 Å². The lowest BCUT2D eigenvalue weighted by molar-refractivity contribution is 0.0912. The topological polar surface area (TPSA) is 90.4 Å². The van der Waals surface area contributed by atoms with Gasteiger partial charge in [0, 0.05) is 6.20 Å². The van der Waals surface area contributed by atoms with Gasteiger partial charge in [-0.1, -0.05) is 17.7 Å². The molecular formula is C14H17N3O3. The molecule has 0 saturated heterocycles. The van der Waals surface area contributed by atoms with Gasteiger partial charge in [-0.2, -0.15) is 4.98 Å². The quantitative estimate of drug-likeness (QED) is 0.832. The highest BCUT2D eigenvalue weighted by atomic mass is 16.5. The molecule has 6 heteroatoms. The summed E-state index contributed by atoms with van der Waals surface area (Å²) in [6, 6.07) is 9.03. The van der Waals surface area contributed by atoms with Crippen molar-refractivity contribution in [1.82, 2.24) is 9.55 Å². The number of nitrogens with zero attached hydrogens (tertiary/aromatic N) is 2. The Morgan fingerprint density at radius 1 is 1.35 bits per heavy atom. The molecule has 0 saturated carbocycles. The van der Waals surface area contributed by atoms with Crippen LogP contribution in [0.3, 0.4) is 0 Å².